The number of carboxylic acid groups (broad SMARTS) is 1. The zero-order valence-corrected chi connectivity index (χ0v) is 14.9. The molecule has 1 aromatic rings. The van der Waals surface area contributed by atoms with Gasteiger partial charge in [-0.1, -0.05) is 61.7 Å². The Bertz CT molecular complexity index is 696. The third kappa shape index (κ3) is 9.06. The molecule has 0 bridgehead atoms. The van der Waals surface area contributed by atoms with Gasteiger partial charge in [0.05, 0.1) is 0 Å². The molecule has 27 heavy (non-hydrogen) atoms. The lowest BCUT2D eigenvalue weighted by atomic mass is 10.1. The van der Waals surface area contributed by atoms with Crippen molar-refractivity contribution in [3.8, 4) is 0 Å². The van der Waals surface area contributed by atoms with Crippen molar-refractivity contribution in [1.29, 1.82) is 0 Å². The zero-order chi connectivity index (χ0) is 20.1. The van der Waals surface area contributed by atoms with Crippen LogP contribution in [0.15, 0.2) is 67.3 Å². The van der Waals surface area contributed by atoms with Gasteiger partial charge in [0.1, 0.15) is 19.3 Å². The van der Waals surface area contributed by atoms with E-state index >= 15 is 0 Å². The van der Waals surface area contributed by atoms with Crippen molar-refractivity contribution < 1.29 is 29.0 Å². The summed E-state index contributed by atoms with van der Waals surface area (Å²) in [5, 5.41) is 11.2. The van der Waals surface area contributed by atoms with Gasteiger partial charge in [0, 0.05) is 6.42 Å². The smallest absolute Gasteiger partial charge is 0.408 e. The molecule has 0 aliphatic rings. The summed E-state index contributed by atoms with van der Waals surface area (Å²) in [7, 11) is 0. The van der Waals surface area contributed by atoms with E-state index in [2.05, 4.69) is 18.5 Å². The summed E-state index contributed by atoms with van der Waals surface area (Å²) in [4.78, 5) is 35.0. The summed E-state index contributed by atoms with van der Waals surface area (Å²) in [5.41, 5.74) is 1.39. The number of alkyl carbamates (subject to hydrolysis) is 1. The number of benzene rings is 1. The number of amides is 1. The highest BCUT2D eigenvalue weighted by molar-refractivity contribution is 5.82. The van der Waals surface area contributed by atoms with Gasteiger partial charge in [-0.05, 0) is 17.6 Å². The molecule has 0 heterocycles. The average molecular weight is 373 g/mol. The Balaban J connectivity index is 2.63. The first kappa shape index (κ1) is 21.7. The van der Waals surface area contributed by atoms with Crippen LogP contribution in [0.4, 0.5) is 4.79 Å². The number of aliphatic carboxylic acids is 1. The first-order valence-electron chi connectivity index (χ1n) is 8.26. The van der Waals surface area contributed by atoms with Crippen molar-refractivity contribution >= 4 is 18.0 Å². The minimum absolute atomic E-state index is 0.0239. The monoisotopic (exact) mass is 373 g/mol. The molecule has 144 valence electrons. The van der Waals surface area contributed by atoms with Crippen LogP contribution >= 0.6 is 0 Å². The molecule has 7 heteroatoms. The van der Waals surface area contributed by atoms with Crippen LogP contribution < -0.4 is 5.32 Å². The summed E-state index contributed by atoms with van der Waals surface area (Å²) in [6.45, 7) is 7.08. The van der Waals surface area contributed by atoms with E-state index in [1.807, 2.05) is 6.07 Å². The summed E-state index contributed by atoms with van der Waals surface area (Å²) in [6.07, 6.45) is 3.37. The third-order valence-corrected chi connectivity index (χ3v) is 3.41. The summed E-state index contributed by atoms with van der Waals surface area (Å²) in [6, 6.07) is 7.87. The van der Waals surface area contributed by atoms with Crippen molar-refractivity contribution in [2.45, 2.75) is 25.5 Å². The number of hydrogen-bond acceptors (Lipinski definition) is 5. The van der Waals surface area contributed by atoms with E-state index in [9.17, 15) is 14.4 Å². The minimum atomic E-state index is -1.14. The standard InChI is InChI=1S/C20H23NO6/c1-3-8-15(4-2)13-26-19(24)17(11-12-18(22)23)21-20(25)27-14-16-9-6-5-7-10-16/h3-10,17H,1-2,11-14H2,(H,21,25)(H,22,23). The normalized spacial score (nSPS) is 11.8. The van der Waals surface area contributed by atoms with Gasteiger partial charge in [-0.15, -0.1) is 0 Å². The predicted octanol–water partition coefficient (Wildman–Crippen LogP) is 2.99. The van der Waals surface area contributed by atoms with E-state index in [4.69, 9.17) is 14.6 Å². The predicted molar refractivity (Wildman–Crippen MR) is 99.9 cm³/mol. The number of carbonyl (C=O) groups is 3. The van der Waals surface area contributed by atoms with Crippen molar-refractivity contribution in [3.05, 3.63) is 72.9 Å². The molecular weight excluding hydrogens is 350 g/mol. The number of carboxylic acids is 1. The van der Waals surface area contributed by atoms with Crippen LogP contribution in [0.5, 0.6) is 0 Å². The first-order chi connectivity index (χ1) is 13.0. The van der Waals surface area contributed by atoms with Gasteiger partial charge in [-0.2, -0.15) is 0 Å². The molecule has 0 radical (unpaired) electrons. The van der Waals surface area contributed by atoms with Crippen LogP contribution in [-0.2, 0) is 25.7 Å². The molecule has 0 aliphatic carbocycles. The van der Waals surface area contributed by atoms with Crippen LogP contribution in [0.3, 0.4) is 0 Å². The van der Waals surface area contributed by atoms with E-state index < -0.39 is 24.1 Å². The van der Waals surface area contributed by atoms with Gasteiger partial charge in [-0.3, -0.25) is 4.79 Å². The van der Waals surface area contributed by atoms with Crippen molar-refractivity contribution in [3.63, 3.8) is 0 Å². The topological polar surface area (TPSA) is 102 Å². The fourth-order valence-electron chi connectivity index (χ4n) is 2.01. The molecule has 0 aromatic heterocycles. The second-order valence-corrected chi connectivity index (χ2v) is 5.48. The lowest BCUT2D eigenvalue weighted by Crippen LogP contribution is -2.42. The van der Waals surface area contributed by atoms with E-state index in [0.29, 0.717) is 5.57 Å². The molecule has 0 saturated carbocycles. The lowest BCUT2D eigenvalue weighted by molar-refractivity contribution is -0.145. The number of carbonyl (C=O) groups excluding carboxylic acids is 2. The van der Waals surface area contributed by atoms with Crippen LogP contribution in [-0.4, -0.2) is 35.8 Å². The zero-order valence-electron chi connectivity index (χ0n) is 14.9. The van der Waals surface area contributed by atoms with E-state index in [-0.39, 0.29) is 26.1 Å². The molecular formula is C20H23NO6. The quantitative estimate of drug-likeness (QED) is 0.457. The Kier molecular flexibility index (Phi) is 9.70. The van der Waals surface area contributed by atoms with Gasteiger partial charge in [0.15, 0.2) is 0 Å². The van der Waals surface area contributed by atoms with Gasteiger partial charge < -0.3 is 19.9 Å². The molecule has 1 aromatic carbocycles. The number of hydrogen-bond donors (Lipinski definition) is 2. The summed E-state index contributed by atoms with van der Waals surface area (Å²) in [5.74, 6) is -1.85. The Labute approximate surface area is 158 Å². The van der Waals surface area contributed by atoms with Crippen LogP contribution in [0.2, 0.25) is 0 Å². The van der Waals surface area contributed by atoms with E-state index in [0.717, 1.165) is 5.56 Å². The highest BCUT2D eigenvalue weighted by Crippen LogP contribution is 2.06. The SMILES string of the molecule is C=CC=C(C=C)COC(=O)C(CCC(=O)O)NC(=O)OCc1ccccc1. The molecule has 7 nitrogen and oxygen atoms in total. The lowest BCUT2D eigenvalue weighted by Gasteiger charge is -2.17. The molecule has 0 spiro atoms. The van der Waals surface area contributed by atoms with Gasteiger partial charge in [0.25, 0.3) is 0 Å². The van der Waals surface area contributed by atoms with Crippen LogP contribution in [0.25, 0.3) is 0 Å². The van der Waals surface area contributed by atoms with Crippen LogP contribution in [0, 0.1) is 0 Å². The third-order valence-electron chi connectivity index (χ3n) is 3.41. The Morgan fingerprint density at radius 2 is 1.85 bits per heavy atom. The summed E-state index contributed by atoms with van der Waals surface area (Å²) >= 11 is 0. The number of rotatable bonds is 11. The maximum atomic E-state index is 12.2. The number of nitrogens with one attached hydrogen (secondary N) is 1. The molecule has 2 N–H and O–H groups in total. The second-order valence-electron chi connectivity index (χ2n) is 5.48. The number of esters is 1. The number of ether oxygens (including phenoxy) is 2. The average Bonchev–Trinajstić information content (AvgIpc) is 2.67. The highest BCUT2D eigenvalue weighted by Gasteiger charge is 2.24. The van der Waals surface area contributed by atoms with Crippen molar-refractivity contribution in [2.24, 2.45) is 0 Å². The molecule has 1 atom stereocenters. The fraction of sp³-hybridized carbons (Fsp3) is 0.250. The molecule has 1 unspecified atom stereocenters. The van der Waals surface area contributed by atoms with Crippen molar-refractivity contribution in [2.75, 3.05) is 6.61 Å². The van der Waals surface area contributed by atoms with Gasteiger partial charge in [-0.25, -0.2) is 9.59 Å². The molecule has 1 amide bonds. The molecule has 0 saturated heterocycles. The van der Waals surface area contributed by atoms with Gasteiger partial charge in [0.2, 0.25) is 0 Å². The Hall–Kier alpha value is -3.35. The molecule has 1 rings (SSSR count). The minimum Gasteiger partial charge on any atom is -0.481 e. The molecule has 0 fully saturated rings. The second kappa shape index (κ2) is 12.1. The van der Waals surface area contributed by atoms with Crippen molar-refractivity contribution in [1.82, 2.24) is 5.32 Å². The van der Waals surface area contributed by atoms with E-state index in [1.54, 1.807) is 30.3 Å². The highest BCUT2D eigenvalue weighted by atomic mass is 16.6. The fourth-order valence-corrected chi connectivity index (χ4v) is 2.01. The Morgan fingerprint density at radius 3 is 2.44 bits per heavy atom. The van der Waals surface area contributed by atoms with Crippen LogP contribution in [0.1, 0.15) is 18.4 Å². The van der Waals surface area contributed by atoms with Gasteiger partial charge >= 0.3 is 18.0 Å². The Morgan fingerprint density at radius 1 is 1.15 bits per heavy atom. The molecule has 0 aliphatic heterocycles. The van der Waals surface area contributed by atoms with E-state index in [1.165, 1.54) is 12.2 Å². The maximum Gasteiger partial charge on any atom is 0.408 e. The number of allylic oxidation sites excluding steroid dienone is 2. The largest absolute Gasteiger partial charge is 0.481 e. The maximum absolute atomic E-state index is 12.2. The summed E-state index contributed by atoms with van der Waals surface area (Å²) < 4.78 is 10.2. The first-order valence-corrected chi connectivity index (χ1v) is 8.26.